The molecule has 5 rings (SSSR count). The molecule has 0 aliphatic heterocycles. The van der Waals surface area contributed by atoms with Gasteiger partial charge in [0.15, 0.2) is 5.78 Å². The second-order valence-corrected chi connectivity index (χ2v) is 6.98. The Balaban J connectivity index is 0.000000299. The minimum Gasteiger partial charge on any atom is -0.512 e. The van der Waals surface area contributed by atoms with E-state index in [0.717, 1.165) is 44.1 Å². The Morgan fingerprint density at radius 2 is 1.71 bits per heavy atom. The van der Waals surface area contributed by atoms with E-state index in [1.807, 2.05) is 54.6 Å². The molecule has 5 heteroatoms. The molecule has 0 atom stereocenters. The van der Waals surface area contributed by atoms with Crippen molar-refractivity contribution in [3.63, 3.8) is 0 Å². The van der Waals surface area contributed by atoms with Crippen LogP contribution in [0.5, 0.6) is 0 Å². The standard InChI is InChI=1S/C21H12NO.C5H8O2.Pt/c1-3-10-18-14(6-1)12-13-19(22-18)17-9-5-8-16-15-7-2-4-11-20(15)23-21(16)17;1-4(6)3-5(2)7;/h1-8,10-13H;3,6H,1-2H3;/q-1;;. The van der Waals surface area contributed by atoms with E-state index < -0.39 is 0 Å². The van der Waals surface area contributed by atoms with E-state index >= 15 is 0 Å². The third-order valence-electron chi connectivity index (χ3n) is 4.61. The van der Waals surface area contributed by atoms with Crippen molar-refractivity contribution in [1.29, 1.82) is 0 Å². The number of carbonyl (C=O) groups is 1. The van der Waals surface area contributed by atoms with Gasteiger partial charge in [0.1, 0.15) is 5.58 Å². The van der Waals surface area contributed by atoms with Crippen LogP contribution in [0.4, 0.5) is 0 Å². The molecular formula is C26H20NO3Pt-. The van der Waals surface area contributed by atoms with Gasteiger partial charge in [0.25, 0.3) is 0 Å². The van der Waals surface area contributed by atoms with Crippen LogP contribution in [0.15, 0.2) is 89.0 Å². The first-order valence-electron chi connectivity index (χ1n) is 9.59. The van der Waals surface area contributed by atoms with E-state index in [0.29, 0.717) is 0 Å². The number of carbonyl (C=O) groups excluding carboxylic acids is 1. The largest absolute Gasteiger partial charge is 0.512 e. The smallest absolute Gasteiger partial charge is 0.155 e. The van der Waals surface area contributed by atoms with Gasteiger partial charge in [-0.25, -0.2) is 0 Å². The van der Waals surface area contributed by atoms with Crippen molar-refractivity contribution in [1.82, 2.24) is 4.98 Å². The number of aliphatic hydroxyl groups is 1. The maximum Gasteiger partial charge on any atom is 0.155 e. The third-order valence-corrected chi connectivity index (χ3v) is 4.61. The summed E-state index contributed by atoms with van der Waals surface area (Å²) in [6, 6.07) is 27.6. The Bertz CT molecular complexity index is 1400. The molecule has 0 unspecified atom stereocenters. The summed E-state index contributed by atoms with van der Waals surface area (Å²) >= 11 is 0. The molecule has 2 aromatic heterocycles. The van der Waals surface area contributed by atoms with E-state index in [9.17, 15) is 4.79 Å². The van der Waals surface area contributed by atoms with Crippen molar-refractivity contribution in [3.8, 4) is 11.3 Å². The van der Waals surface area contributed by atoms with E-state index in [4.69, 9.17) is 14.5 Å². The summed E-state index contributed by atoms with van der Waals surface area (Å²) in [5.41, 5.74) is 4.50. The molecule has 0 aliphatic rings. The fraction of sp³-hybridized carbons (Fsp3) is 0.0769. The summed E-state index contributed by atoms with van der Waals surface area (Å²) in [4.78, 5) is 14.8. The number of nitrogens with zero attached hydrogens (tertiary/aromatic N) is 1. The molecule has 2 heterocycles. The van der Waals surface area contributed by atoms with Gasteiger partial charge >= 0.3 is 0 Å². The number of hydrogen-bond acceptors (Lipinski definition) is 4. The van der Waals surface area contributed by atoms with Crippen LogP contribution in [0.25, 0.3) is 44.1 Å². The maximum absolute atomic E-state index is 10.0. The van der Waals surface area contributed by atoms with Gasteiger partial charge < -0.3 is 9.52 Å². The molecule has 1 N–H and O–H groups in total. The predicted molar refractivity (Wildman–Crippen MR) is 120 cm³/mol. The number of allylic oxidation sites excluding steroid dienone is 2. The van der Waals surface area contributed by atoms with Crippen molar-refractivity contribution in [2.45, 2.75) is 13.8 Å². The molecule has 4 nitrogen and oxygen atoms in total. The number of hydrogen-bond donors (Lipinski definition) is 1. The molecular weight excluding hydrogens is 569 g/mol. The average Bonchev–Trinajstić information content (AvgIpc) is 3.12. The minimum atomic E-state index is -0.125. The fourth-order valence-electron chi connectivity index (χ4n) is 3.38. The molecule has 31 heavy (non-hydrogen) atoms. The first-order valence-corrected chi connectivity index (χ1v) is 9.59. The quantitative estimate of drug-likeness (QED) is 0.143. The van der Waals surface area contributed by atoms with Crippen LogP contribution in [0, 0.1) is 6.07 Å². The molecule has 0 amide bonds. The summed E-state index contributed by atoms with van der Waals surface area (Å²) < 4.78 is 6.08. The first kappa shape index (κ1) is 22.5. The molecule has 0 radical (unpaired) electrons. The van der Waals surface area contributed by atoms with Crippen molar-refractivity contribution in [3.05, 3.63) is 90.7 Å². The van der Waals surface area contributed by atoms with Crippen LogP contribution in [0.3, 0.4) is 0 Å². The second-order valence-electron chi connectivity index (χ2n) is 6.98. The molecule has 0 spiro atoms. The van der Waals surface area contributed by atoms with Gasteiger partial charge in [-0.3, -0.25) is 9.78 Å². The summed E-state index contributed by atoms with van der Waals surface area (Å²) in [5, 5.41) is 11.7. The molecule has 0 saturated carbocycles. The average molecular weight is 590 g/mol. The van der Waals surface area contributed by atoms with E-state index in [1.54, 1.807) is 0 Å². The fourth-order valence-corrected chi connectivity index (χ4v) is 3.38. The van der Waals surface area contributed by atoms with E-state index in [2.05, 4.69) is 24.3 Å². The van der Waals surface area contributed by atoms with Crippen molar-refractivity contribution < 1.29 is 35.4 Å². The maximum atomic E-state index is 10.0. The zero-order chi connectivity index (χ0) is 21.1. The topological polar surface area (TPSA) is 63.3 Å². The van der Waals surface area contributed by atoms with Gasteiger partial charge in [-0.2, -0.15) is 0 Å². The Kier molecular flexibility index (Phi) is 7.04. The third kappa shape index (κ3) is 4.92. The number of pyridine rings is 1. The number of benzene rings is 3. The zero-order valence-electron chi connectivity index (χ0n) is 17.0. The molecule has 0 saturated heterocycles. The van der Waals surface area contributed by atoms with Crippen LogP contribution in [-0.4, -0.2) is 15.9 Å². The zero-order valence-corrected chi connectivity index (χ0v) is 19.3. The summed E-state index contributed by atoms with van der Waals surface area (Å²) in [7, 11) is 0. The van der Waals surface area contributed by atoms with E-state index in [1.165, 1.54) is 19.9 Å². The molecule has 3 aromatic carbocycles. The Morgan fingerprint density at radius 3 is 2.45 bits per heavy atom. The van der Waals surface area contributed by atoms with Gasteiger partial charge in [0.2, 0.25) is 0 Å². The summed E-state index contributed by atoms with van der Waals surface area (Å²) in [6.45, 7) is 2.85. The van der Waals surface area contributed by atoms with Crippen LogP contribution in [-0.2, 0) is 25.9 Å². The Labute approximate surface area is 194 Å². The van der Waals surface area contributed by atoms with Crippen LogP contribution in [0.2, 0.25) is 0 Å². The number of ketones is 1. The summed E-state index contributed by atoms with van der Waals surface area (Å²) in [5.74, 6) is -0.0625. The van der Waals surface area contributed by atoms with Crippen molar-refractivity contribution in [2.75, 3.05) is 0 Å². The van der Waals surface area contributed by atoms with Crippen LogP contribution >= 0.6 is 0 Å². The Hall–Kier alpha value is -3.23. The molecule has 0 bridgehead atoms. The Morgan fingerprint density at radius 1 is 0.968 bits per heavy atom. The van der Waals surface area contributed by atoms with E-state index in [-0.39, 0.29) is 32.6 Å². The molecule has 158 valence electrons. The van der Waals surface area contributed by atoms with Crippen LogP contribution < -0.4 is 0 Å². The van der Waals surface area contributed by atoms with Crippen molar-refractivity contribution >= 4 is 38.6 Å². The number of rotatable bonds is 2. The van der Waals surface area contributed by atoms with Gasteiger partial charge in [-0.05, 0) is 37.1 Å². The van der Waals surface area contributed by atoms with Gasteiger partial charge in [0, 0.05) is 32.5 Å². The van der Waals surface area contributed by atoms with Gasteiger partial charge in [-0.15, -0.1) is 18.2 Å². The van der Waals surface area contributed by atoms with Crippen LogP contribution in [0.1, 0.15) is 13.8 Å². The normalized spacial score (nSPS) is 11.1. The SMILES string of the molecule is CC(=O)C=C(C)O.[Pt].[c-]1ccc2c(oc3ccccc32)c1-c1ccc2ccccc2n1. The predicted octanol–water partition coefficient (Wildman–Crippen LogP) is 6.64. The van der Waals surface area contributed by atoms with Crippen molar-refractivity contribution in [2.24, 2.45) is 0 Å². The molecule has 0 fully saturated rings. The number of furan rings is 1. The van der Waals surface area contributed by atoms with Gasteiger partial charge in [-0.1, -0.05) is 59.5 Å². The summed E-state index contributed by atoms with van der Waals surface area (Å²) in [6.07, 6.45) is 1.17. The van der Waals surface area contributed by atoms with Gasteiger partial charge in [0.05, 0.1) is 16.9 Å². The number of aromatic nitrogens is 1. The molecule has 5 aromatic rings. The molecule has 0 aliphatic carbocycles. The monoisotopic (exact) mass is 589 g/mol. The first-order chi connectivity index (χ1) is 14.5. The number of fused-ring (bicyclic) bond motifs is 4. The number of aliphatic hydroxyl groups excluding tert-OH is 1. The minimum absolute atomic E-state index is 0. The second kappa shape index (κ2) is 9.72. The number of para-hydroxylation sites is 2.